The molecule has 1 amide bonds. The molecule has 1 saturated heterocycles. The Labute approximate surface area is 128 Å². The summed E-state index contributed by atoms with van der Waals surface area (Å²) in [5, 5.41) is 0. The highest BCUT2D eigenvalue weighted by molar-refractivity contribution is 5.78. The first-order valence-corrected chi connectivity index (χ1v) is 8.82. The molecule has 21 heavy (non-hydrogen) atoms. The van der Waals surface area contributed by atoms with Gasteiger partial charge in [0.15, 0.2) is 0 Å². The van der Waals surface area contributed by atoms with E-state index in [0.29, 0.717) is 24.6 Å². The van der Waals surface area contributed by atoms with Crippen molar-refractivity contribution in [3.8, 4) is 0 Å². The molecule has 3 aliphatic rings. The van der Waals surface area contributed by atoms with E-state index in [1.807, 2.05) is 11.9 Å². The van der Waals surface area contributed by atoms with Crippen LogP contribution in [0.1, 0.15) is 51.4 Å². The molecule has 0 aromatic carbocycles. The van der Waals surface area contributed by atoms with Gasteiger partial charge in [-0.3, -0.25) is 9.69 Å². The molecule has 3 fully saturated rings. The molecule has 3 rings (SSSR count). The third-order valence-electron chi connectivity index (χ3n) is 5.30. The lowest BCUT2D eigenvalue weighted by atomic mass is 10.1. The molecule has 0 spiro atoms. The SMILES string of the molecule is CN(CC1CC1)C(=O)CN(C[C@H]1CCCO1)C1CCCC1. The van der Waals surface area contributed by atoms with E-state index in [-0.39, 0.29) is 0 Å². The van der Waals surface area contributed by atoms with E-state index in [1.165, 1.54) is 44.9 Å². The molecule has 4 heteroatoms. The van der Waals surface area contributed by atoms with Crippen LogP contribution in [0, 0.1) is 5.92 Å². The maximum absolute atomic E-state index is 12.5. The number of likely N-dealkylation sites (N-methyl/N-ethyl adjacent to an activating group) is 1. The van der Waals surface area contributed by atoms with Gasteiger partial charge in [-0.2, -0.15) is 0 Å². The summed E-state index contributed by atoms with van der Waals surface area (Å²) < 4.78 is 5.79. The summed E-state index contributed by atoms with van der Waals surface area (Å²) in [6.45, 7) is 3.40. The Kier molecular flexibility index (Phi) is 5.17. The van der Waals surface area contributed by atoms with Crippen molar-refractivity contribution in [1.82, 2.24) is 9.80 Å². The lowest BCUT2D eigenvalue weighted by Crippen LogP contribution is -2.46. The standard InChI is InChI=1S/C17H30N2O2/c1-18(11-14-8-9-14)17(20)13-19(15-5-2-3-6-15)12-16-7-4-10-21-16/h14-16H,2-13H2,1H3/t16-/m1/s1. The van der Waals surface area contributed by atoms with Crippen LogP contribution in [0.3, 0.4) is 0 Å². The Balaban J connectivity index is 1.53. The average molecular weight is 294 g/mol. The smallest absolute Gasteiger partial charge is 0.236 e. The largest absolute Gasteiger partial charge is 0.377 e. The molecule has 0 unspecified atom stereocenters. The molecule has 2 saturated carbocycles. The number of ether oxygens (including phenoxy) is 1. The van der Waals surface area contributed by atoms with Gasteiger partial charge in [-0.25, -0.2) is 0 Å². The number of hydrogen-bond donors (Lipinski definition) is 0. The predicted molar refractivity (Wildman–Crippen MR) is 83.2 cm³/mol. The van der Waals surface area contributed by atoms with Crippen LogP contribution in [0.25, 0.3) is 0 Å². The van der Waals surface area contributed by atoms with Gasteiger partial charge in [0.25, 0.3) is 0 Å². The number of amides is 1. The molecule has 0 aromatic rings. The van der Waals surface area contributed by atoms with Crippen molar-refractivity contribution in [2.75, 3.05) is 33.3 Å². The Morgan fingerprint density at radius 2 is 1.81 bits per heavy atom. The van der Waals surface area contributed by atoms with Gasteiger partial charge < -0.3 is 9.64 Å². The Hall–Kier alpha value is -0.610. The van der Waals surface area contributed by atoms with Crippen molar-refractivity contribution in [1.29, 1.82) is 0 Å². The van der Waals surface area contributed by atoms with Crippen LogP contribution in [0.2, 0.25) is 0 Å². The molecule has 0 aromatic heterocycles. The van der Waals surface area contributed by atoms with E-state index >= 15 is 0 Å². The van der Waals surface area contributed by atoms with Crippen molar-refractivity contribution in [2.45, 2.75) is 63.5 Å². The minimum atomic E-state index is 0.298. The predicted octanol–water partition coefficient (Wildman–Crippen LogP) is 2.28. The van der Waals surface area contributed by atoms with Crippen molar-refractivity contribution in [2.24, 2.45) is 5.92 Å². The monoisotopic (exact) mass is 294 g/mol. The van der Waals surface area contributed by atoms with E-state index in [9.17, 15) is 4.79 Å². The first kappa shape index (κ1) is 15.3. The van der Waals surface area contributed by atoms with Gasteiger partial charge in [-0.15, -0.1) is 0 Å². The summed E-state index contributed by atoms with van der Waals surface area (Å²) in [4.78, 5) is 16.9. The van der Waals surface area contributed by atoms with E-state index in [4.69, 9.17) is 4.74 Å². The van der Waals surface area contributed by atoms with E-state index < -0.39 is 0 Å². The van der Waals surface area contributed by atoms with Crippen LogP contribution in [0.5, 0.6) is 0 Å². The molecule has 0 radical (unpaired) electrons. The second-order valence-corrected chi connectivity index (χ2v) is 7.22. The third-order valence-corrected chi connectivity index (χ3v) is 5.30. The van der Waals surface area contributed by atoms with Crippen LogP contribution < -0.4 is 0 Å². The highest BCUT2D eigenvalue weighted by atomic mass is 16.5. The van der Waals surface area contributed by atoms with Gasteiger partial charge in [0.2, 0.25) is 5.91 Å². The molecule has 0 N–H and O–H groups in total. The lowest BCUT2D eigenvalue weighted by Gasteiger charge is -2.31. The Morgan fingerprint density at radius 3 is 2.43 bits per heavy atom. The van der Waals surface area contributed by atoms with E-state index in [1.54, 1.807) is 0 Å². The topological polar surface area (TPSA) is 32.8 Å². The van der Waals surface area contributed by atoms with Gasteiger partial charge in [-0.05, 0) is 44.4 Å². The quantitative estimate of drug-likeness (QED) is 0.722. The van der Waals surface area contributed by atoms with Gasteiger partial charge in [-0.1, -0.05) is 12.8 Å². The maximum atomic E-state index is 12.5. The Morgan fingerprint density at radius 1 is 1.05 bits per heavy atom. The van der Waals surface area contributed by atoms with Crippen LogP contribution >= 0.6 is 0 Å². The van der Waals surface area contributed by atoms with Crippen molar-refractivity contribution < 1.29 is 9.53 Å². The van der Waals surface area contributed by atoms with Crippen LogP contribution in [-0.2, 0) is 9.53 Å². The molecule has 4 nitrogen and oxygen atoms in total. The van der Waals surface area contributed by atoms with Gasteiger partial charge in [0.05, 0.1) is 12.6 Å². The number of carbonyl (C=O) groups excluding carboxylic acids is 1. The summed E-state index contributed by atoms with van der Waals surface area (Å²) in [7, 11) is 1.97. The summed E-state index contributed by atoms with van der Waals surface area (Å²) in [5.41, 5.74) is 0. The maximum Gasteiger partial charge on any atom is 0.236 e. The number of rotatable bonds is 7. The number of hydrogen-bond acceptors (Lipinski definition) is 3. The highest BCUT2D eigenvalue weighted by Crippen LogP contribution is 2.29. The zero-order chi connectivity index (χ0) is 14.7. The molecular formula is C17H30N2O2. The summed E-state index contributed by atoms with van der Waals surface area (Å²) >= 11 is 0. The molecule has 1 atom stereocenters. The normalized spacial score (nSPS) is 26.7. The summed E-state index contributed by atoms with van der Waals surface area (Å²) in [6, 6.07) is 0.604. The fourth-order valence-electron chi connectivity index (χ4n) is 3.75. The zero-order valence-electron chi connectivity index (χ0n) is 13.4. The van der Waals surface area contributed by atoms with Gasteiger partial charge in [0, 0.05) is 32.8 Å². The van der Waals surface area contributed by atoms with Crippen molar-refractivity contribution in [3.63, 3.8) is 0 Å². The fourth-order valence-corrected chi connectivity index (χ4v) is 3.75. The van der Waals surface area contributed by atoms with Crippen LogP contribution in [0.15, 0.2) is 0 Å². The first-order chi connectivity index (χ1) is 10.2. The molecule has 2 aliphatic carbocycles. The number of nitrogens with zero attached hydrogens (tertiary/aromatic N) is 2. The minimum Gasteiger partial charge on any atom is -0.377 e. The second kappa shape index (κ2) is 7.10. The van der Waals surface area contributed by atoms with Gasteiger partial charge >= 0.3 is 0 Å². The third kappa shape index (κ3) is 4.43. The second-order valence-electron chi connectivity index (χ2n) is 7.22. The van der Waals surface area contributed by atoms with Crippen molar-refractivity contribution in [3.05, 3.63) is 0 Å². The molecule has 1 heterocycles. The Bertz CT molecular complexity index is 345. The van der Waals surface area contributed by atoms with Gasteiger partial charge in [0.1, 0.15) is 0 Å². The highest BCUT2D eigenvalue weighted by Gasteiger charge is 2.30. The van der Waals surface area contributed by atoms with Crippen LogP contribution in [-0.4, -0.2) is 61.1 Å². The minimum absolute atomic E-state index is 0.298. The molecular weight excluding hydrogens is 264 g/mol. The molecule has 0 bridgehead atoms. The lowest BCUT2D eigenvalue weighted by molar-refractivity contribution is -0.132. The molecule has 1 aliphatic heterocycles. The number of carbonyl (C=O) groups is 1. The van der Waals surface area contributed by atoms with E-state index in [2.05, 4.69) is 4.90 Å². The van der Waals surface area contributed by atoms with E-state index in [0.717, 1.165) is 32.0 Å². The average Bonchev–Trinajstić information content (AvgIpc) is 2.97. The zero-order valence-corrected chi connectivity index (χ0v) is 13.4. The summed E-state index contributed by atoms with van der Waals surface area (Å²) in [6.07, 6.45) is 10.5. The molecule has 120 valence electrons. The van der Waals surface area contributed by atoms with Crippen LogP contribution in [0.4, 0.5) is 0 Å². The summed E-state index contributed by atoms with van der Waals surface area (Å²) in [5.74, 6) is 1.07. The van der Waals surface area contributed by atoms with Crippen molar-refractivity contribution >= 4 is 5.91 Å². The first-order valence-electron chi connectivity index (χ1n) is 8.82. The fraction of sp³-hybridized carbons (Fsp3) is 0.941.